The third kappa shape index (κ3) is 7.95. The van der Waals surface area contributed by atoms with Crippen LogP contribution in [0, 0.1) is 0 Å². The number of carbonyl (C=O) groups excluding carboxylic acids is 1. The zero-order valence-corrected chi connectivity index (χ0v) is 10.4. The van der Waals surface area contributed by atoms with Crippen molar-refractivity contribution in [3.8, 4) is 0 Å². The third-order valence-electron chi connectivity index (χ3n) is 1.97. The number of halogens is 4. The molecule has 113 valence electrons. The summed E-state index contributed by atoms with van der Waals surface area (Å²) < 4.78 is 68.3. The van der Waals surface area contributed by atoms with Crippen molar-refractivity contribution in [2.75, 3.05) is 19.2 Å². The summed E-state index contributed by atoms with van der Waals surface area (Å²) in [7, 11) is -2.76. The lowest BCUT2D eigenvalue weighted by Crippen LogP contribution is -2.47. The summed E-state index contributed by atoms with van der Waals surface area (Å²) in [4.78, 5) is 10.3. The fourth-order valence-electron chi connectivity index (χ4n) is 0.972. The number of hydrogen-bond donors (Lipinski definition) is 2. The predicted octanol–water partition coefficient (Wildman–Crippen LogP) is -0.222. The molecule has 6 nitrogen and oxygen atoms in total. The van der Waals surface area contributed by atoms with E-state index >= 15 is 0 Å². The van der Waals surface area contributed by atoms with E-state index in [1.807, 2.05) is 0 Å². The van der Waals surface area contributed by atoms with Crippen LogP contribution in [0.15, 0.2) is 0 Å². The van der Waals surface area contributed by atoms with Gasteiger partial charge in [-0.3, -0.25) is 4.79 Å². The number of rotatable bonds is 4. The Balaban J connectivity index is 0.000000555. The van der Waals surface area contributed by atoms with Crippen LogP contribution >= 0.6 is 0 Å². The normalized spacial score (nSPS) is 20.0. The molecule has 1 heterocycles. The van der Waals surface area contributed by atoms with Gasteiger partial charge in [-0.15, -0.1) is 0 Å². The van der Waals surface area contributed by atoms with Crippen molar-refractivity contribution in [1.29, 1.82) is 0 Å². The monoisotopic (exact) mass is 310 g/mol. The van der Waals surface area contributed by atoms with Crippen LogP contribution in [0.2, 0.25) is 0 Å². The van der Waals surface area contributed by atoms with Gasteiger partial charge >= 0.3 is 12.1 Å². The fourth-order valence-corrected chi connectivity index (χ4v) is 0.972. The minimum Gasteiger partial charge on any atom is -0.375 e. The highest BCUT2D eigenvalue weighted by Crippen LogP contribution is 2.16. The van der Waals surface area contributed by atoms with Crippen LogP contribution in [0.1, 0.15) is 6.42 Å². The molecule has 0 aromatic heterocycles. The number of ether oxygens (including phenoxy) is 1. The summed E-state index contributed by atoms with van der Waals surface area (Å²) in [5.41, 5.74) is 0. The Morgan fingerprint density at radius 1 is 1.42 bits per heavy atom. The average molecular weight is 310 g/mol. The molecule has 0 saturated carbocycles. The van der Waals surface area contributed by atoms with Gasteiger partial charge in [-0.25, -0.2) is 17.9 Å². The Morgan fingerprint density at radius 3 is 2.16 bits per heavy atom. The molecule has 0 spiro atoms. The van der Waals surface area contributed by atoms with Crippen LogP contribution in [0.5, 0.6) is 0 Å². The van der Waals surface area contributed by atoms with E-state index in [1.165, 1.54) is 5.32 Å². The first-order valence-corrected chi connectivity index (χ1v) is 6.35. The molecule has 0 aromatic rings. The van der Waals surface area contributed by atoms with Crippen LogP contribution in [-0.2, 0) is 25.3 Å². The molecule has 1 saturated heterocycles. The Kier molecular flexibility index (Phi) is 7.87. The molecule has 1 N–H and O–H groups in total. The smallest absolute Gasteiger partial charge is 0.375 e. The first kappa shape index (κ1) is 18.1. The molecule has 0 aromatic carbocycles. The summed E-state index contributed by atoms with van der Waals surface area (Å²) in [6, 6.07) is -1.24. The Morgan fingerprint density at radius 2 is 1.89 bits per heavy atom. The van der Waals surface area contributed by atoms with Gasteiger partial charge in [-0.1, -0.05) is 0 Å². The van der Waals surface area contributed by atoms with Gasteiger partial charge in [0.15, 0.2) is 16.7 Å². The number of hydrogen-bond acceptors (Lipinski definition) is 4. The zero-order valence-electron chi connectivity index (χ0n) is 9.48. The molecule has 1 aliphatic rings. The zero-order chi connectivity index (χ0) is 15.1. The number of amides is 1. The minimum atomic E-state index is -4.93. The summed E-state index contributed by atoms with van der Waals surface area (Å²) in [6.07, 6.45) is -6.28. The van der Waals surface area contributed by atoms with E-state index < -0.39 is 47.5 Å². The molecule has 1 aliphatic heterocycles. The van der Waals surface area contributed by atoms with Gasteiger partial charge in [0.1, 0.15) is 6.10 Å². The molecule has 1 rings (SSSR count). The number of carbonyl (C=O) groups is 1. The van der Waals surface area contributed by atoms with Gasteiger partial charge < -0.3 is 10.1 Å². The second-order valence-electron chi connectivity index (χ2n) is 3.40. The van der Waals surface area contributed by atoms with Crippen LogP contribution in [0.4, 0.5) is 17.6 Å². The van der Waals surface area contributed by atoms with E-state index in [0.717, 1.165) is 0 Å². The quantitative estimate of drug-likeness (QED) is 0.554. The molecule has 1 radical (unpaired) electrons. The summed E-state index contributed by atoms with van der Waals surface area (Å²) in [5.74, 6) is -2.09. The second-order valence-corrected chi connectivity index (χ2v) is 4.30. The lowest BCUT2D eigenvalue weighted by Gasteiger charge is -2.29. The Labute approximate surface area is 107 Å². The highest BCUT2D eigenvalue weighted by Gasteiger charge is 2.39. The number of nitrogens with one attached hydrogen (secondary N) is 1. The maximum absolute atomic E-state index is 11.7. The molecule has 0 bridgehead atoms. The first-order valence-electron chi connectivity index (χ1n) is 4.98. The summed E-state index contributed by atoms with van der Waals surface area (Å²) >= 11 is 0. The molecular formula is C8H12F4NO5S. The van der Waals surface area contributed by atoms with Gasteiger partial charge in [-0.05, 0) is 6.42 Å². The van der Waals surface area contributed by atoms with Gasteiger partial charge in [0.05, 0.1) is 6.10 Å². The molecule has 2 atom stereocenters. The molecular weight excluding hydrogens is 298 g/mol. The van der Waals surface area contributed by atoms with E-state index in [2.05, 4.69) is 0 Å². The van der Waals surface area contributed by atoms with Crippen molar-refractivity contribution in [2.24, 2.45) is 0 Å². The van der Waals surface area contributed by atoms with Crippen molar-refractivity contribution in [3.05, 3.63) is 0 Å². The largest absolute Gasteiger partial charge is 0.471 e. The molecule has 1 fully saturated rings. The molecule has 2 unspecified atom stereocenters. The van der Waals surface area contributed by atoms with E-state index in [-0.39, 0.29) is 0 Å². The molecule has 0 aliphatic carbocycles. The highest BCUT2D eigenvalue weighted by molar-refractivity contribution is 7.72. The van der Waals surface area contributed by atoms with Crippen LogP contribution in [-0.4, -0.2) is 51.9 Å². The highest BCUT2D eigenvalue weighted by atomic mass is 32.2. The lowest BCUT2D eigenvalue weighted by molar-refractivity contribution is -0.176. The van der Waals surface area contributed by atoms with Crippen molar-refractivity contribution in [3.63, 3.8) is 0 Å². The molecule has 19 heavy (non-hydrogen) atoms. The number of thiol groups is 1. The molecule has 1 amide bonds. The van der Waals surface area contributed by atoms with E-state index in [0.29, 0.717) is 13.0 Å². The van der Waals surface area contributed by atoms with Gasteiger partial charge in [0.2, 0.25) is 0 Å². The van der Waals surface area contributed by atoms with Crippen LogP contribution in [0.3, 0.4) is 0 Å². The van der Waals surface area contributed by atoms with E-state index in [1.54, 1.807) is 0 Å². The second kappa shape index (κ2) is 8.27. The van der Waals surface area contributed by atoms with Crippen molar-refractivity contribution >= 4 is 16.6 Å². The van der Waals surface area contributed by atoms with Gasteiger partial charge in [0.25, 0.3) is 0 Å². The number of alkyl halides is 4. The minimum absolute atomic E-state index is 0.455. The Bertz CT molecular complexity index is 348. The fraction of sp³-hybridized carbons (Fsp3) is 0.875. The third-order valence-corrected chi connectivity index (χ3v) is 2.16. The summed E-state index contributed by atoms with van der Waals surface area (Å²) in [6.45, 7) is -0.0976. The van der Waals surface area contributed by atoms with Crippen LogP contribution in [0.25, 0.3) is 0 Å². The average Bonchev–Trinajstić information content (AvgIpc) is 2.22. The standard InChI is InChI=1S/C7H9F3NO3.CH3FO2S/c8-7(9,10)6(13)11-3-4(12)5-1-2-14-5;2-1-5(3)4/h4-5H,1-3H2,(H,11,13);5H,1H2. The van der Waals surface area contributed by atoms with Crippen molar-refractivity contribution < 1.29 is 40.6 Å². The van der Waals surface area contributed by atoms with Crippen LogP contribution < -0.4 is 5.32 Å². The van der Waals surface area contributed by atoms with Crippen molar-refractivity contribution in [1.82, 2.24) is 5.32 Å². The van der Waals surface area contributed by atoms with E-state index in [4.69, 9.17) is 13.2 Å². The van der Waals surface area contributed by atoms with E-state index in [9.17, 15) is 27.5 Å². The van der Waals surface area contributed by atoms with Crippen molar-refractivity contribution in [2.45, 2.75) is 24.8 Å². The Hall–Kier alpha value is -0.940. The lowest BCUT2D eigenvalue weighted by atomic mass is 10.1. The first-order chi connectivity index (χ1) is 8.68. The van der Waals surface area contributed by atoms with Gasteiger partial charge in [-0.2, -0.15) is 13.2 Å². The maximum Gasteiger partial charge on any atom is 0.471 e. The topological polar surface area (TPSA) is 92.4 Å². The summed E-state index contributed by atoms with van der Waals surface area (Å²) in [5, 5.41) is 12.5. The molecule has 11 heteroatoms. The SMILES string of the molecule is O=[SH](=O)CF.[O]C(CNC(=O)C(F)(F)F)C1CCO1. The maximum atomic E-state index is 11.7. The predicted molar refractivity (Wildman–Crippen MR) is 54.2 cm³/mol. The van der Waals surface area contributed by atoms with Gasteiger partial charge in [0, 0.05) is 13.2 Å².